The van der Waals surface area contributed by atoms with E-state index >= 15 is 0 Å². The van der Waals surface area contributed by atoms with E-state index in [9.17, 15) is 4.39 Å². The van der Waals surface area contributed by atoms with E-state index in [1.165, 1.54) is 12.1 Å². The molecule has 0 saturated heterocycles. The predicted molar refractivity (Wildman–Crippen MR) is 103 cm³/mol. The van der Waals surface area contributed by atoms with E-state index in [2.05, 4.69) is 4.98 Å². The van der Waals surface area contributed by atoms with Crippen molar-refractivity contribution in [3.8, 4) is 11.5 Å². The van der Waals surface area contributed by atoms with Gasteiger partial charge in [0.05, 0.1) is 18.9 Å². The van der Waals surface area contributed by atoms with E-state index < -0.39 is 6.23 Å². The molecule has 140 valence electrons. The van der Waals surface area contributed by atoms with E-state index in [1.54, 1.807) is 19.4 Å². The van der Waals surface area contributed by atoms with Crippen molar-refractivity contribution in [2.45, 2.75) is 18.7 Å². The van der Waals surface area contributed by atoms with Crippen LogP contribution in [0, 0.1) is 5.82 Å². The van der Waals surface area contributed by atoms with Crippen LogP contribution in [0.15, 0.2) is 72.1 Å². The number of ether oxygens (including phenoxy) is 2. The molecular formula is C22H18FN3O2. The second-order valence-electron chi connectivity index (χ2n) is 6.79. The van der Waals surface area contributed by atoms with Crippen LogP contribution in [0.4, 0.5) is 4.39 Å². The lowest BCUT2D eigenvalue weighted by atomic mass is 9.96. The van der Waals surface area contributed by atoms with E-state index in [0.29, 0.717) is 23.5 Å². The lowest BCUT2D eigenvalue weighted by Crippen LogP contribution is -2.34. The number of hydrogen-bond donors (Lipinski definition) is 0. The predicted octanol–water partition coefficient (Wildman–Crippen LogP) is 4.47. The Morgan fingerprint density at radius 1 is 1.14 bits per heavy atom. The SMILES string of the molecule is COc1cccc2c1O[C@@H](c1cccc(F)c1)N1N=C(c3cccnc3)C[C@H]21. The molecule has 2 aromatic carbocycles. The first-order valence-electron chi connectivity index (χ1n) is 9.10. The molecule has 2 atom stereocenters. The Hall–Kier alpha value is -3.41. The van der Waals surface area contributed by atoms with Gasteiger partial charge in [-0.2, -0.15) is 5.10 Å². The standard InChI is InChI=1S/C22H18FN3O2/c1-27-20-9-3-8-17-19-12-18(15-6-4-10-24-13-15)25-26(19)22(28-21(17)20)14-5-2-7-16(23)11-14/h2-11,13,19,22H,12H2,1H3/t19-,22+/m1/s1. The van der Waals surface area contributed by atoms with Crippen molar-refractivity contribution in [2.24, 2.45) is 5.10 Å². The molecule has 3 aromatic rings. The van der Waals surface area contributed by atoms with Crippen molar-refractivity contribution in [3.05, 3.63) is 89.5 Å². The number of para-hydroxylation sites is 1. The number of nitrogens with zero attached hydrogens (tertiary/aromatic N) is 3. The van der Waals surface area contributed by atoms with Crippen LogP contribution in [0.25, 0.3) is 0 Å². The highest BCUT2D eigenvalue weighted by atomic mass is 19.1. The number of rotatable bonds is 3. The van der Waals surface area contributed by atoms with Gasteiger partial charge in [0.25, 0.3) is 0 Å². The lowest BCUT2D eigenvalue weighted by molar-refractivity contribution is -0.0210. The maximum atomic E-state index is 13.9. The minimum Gasteiger partial charge on any atom is -0.493 e. The Kier molecular flexibility index (Phi) is 3.97. The first-order chi connectivity index (χ1) is 13.7. The van der Waals surface area contributed by atoms with Crippen molar-refractivity contribution in [1.82, 2.24) is 9.99 Å². The third kappa shape index (κ3) is 2.69. The molecule has 2 aliphatic heterocycles. The van der Waals surface area contributed by atoms with E-state index in [1.807, 2.05) is 47.6 Å². The molecule has 0 radical (unpaired) electrons. The number of pyridine rings is 1. The fourth-order valence-electron chi connectivity index (χ4n) is 3.83. The zero-order chi connectivity index (χ0) is 19.1. The van der Waals surface area contributed by atoms with E-state index in [4.69, 9.17) is 14.6 Å². The summed E-state index contributed by atoms with van der Waals surface area (Å²) >= 11 is 0. The Balaban J connectivity index is 1.64. The van der Waals surface area contributed by atoms with Crippen LogP contribution in [0.3, 0.4) is 0 Å². The van der Waals surface area contributed by atoms with E-state index in [0.717, 1.165) is 16.8 Å². The maximum Gasteiger partial charge on any atom is 0.214 e. The van der Waals surface area contributed by atoms with Gasteiger partial charge in [-0.05, 0) is 24.3 Å². The van der Waals surface area contributed by atoms with Gasteiger partial charge in [-0.15, -0.1) is 0 Å². The number of halogens is 1. The normalized spacial score (nSPS) is 20.1. The summed E-state index contributed by atoms with van der Waals surface area (Å²) in [5, 5.41) is 6.76. The quantitative estimate of drug-likeness (QED) is 0.678. The number of hydrogen-bond acceptors (Lipinski definition) is 5. The molecule has 0 N–H and O–H groups in total. The fourth-order valence-corrected chi connectivity index (χ4v) is 3.83. The van der Waals surface area contributed by atoms with Crippen molar-refractivity contribution in [3.63, 3.8) is 0 Å². The molecule has 3 heterocycles. The van der Waals surface area contributed by atoms with Gasteiger partial charge in [0.15, 0.2) is 11.5 Å². The highest BCUT2D eigenvalue weighted by Crippen LogP contribution is 2.50. The van der Waals surface area contributed by atoms with Crippen LogP contribution >= 0.6 is 0 Å². The van der Waals surface area contributed by atoms with Gasteiger partial charge in [-0.3, -0.25) is 4.98 Å². The third-order valence-electron chi connectivity index (χ3n) is 5.13. The highest BCUT2D eigenvalue weighted by Gasteiger charge is 2.42. The summed E-state index contributed by atoms with van der Waals surface area (Å²) in [5.74, 6) is 1.04. The molecule has 28 heavy (non-hydrogen) atoms. The number of methoxy groups -OCH3 is 1. The number of benzene rings is 2. The van der Waals surface area contributed by atoms with Crippen LogP contribution in [-0.2, 0) is 0 Å². The average molecular weight is 375 g/mol. The van der Waals surface area contributed by atoms with Crippen molar-refractivity contribution in [1.29, 1.82) is 0 Å². The van der Waals surface area contributed by atoms with Crippen LogP contribution in [0.1, 0.15) is 35.4 Å². The maximum absolute atomic E-state index is 13.9. The van der Waals surface area contributed by atoms with Crippen molar-refractivity contribution < 1.29 is 13.9 Å². The lowest BCUT2D eigenvalue weighted by Gasteiger charge is -2.38. The summed E-state index contributed by atoms with van der Waals surface area (Å²) in [6.45, 7) is 0. The minimum absolute atomic E-state index is 0.0256. The van der Waals surface area contributed by atoms with Gasteiger partial charge < -0.3 is 9.47 Å². The molecule has 0 saturated carbocycles. The largest absolute Gasteiger partial charge is 0.493 e. The summed E-state index contributed by atoms with van der Waals surface area (Å²) in [6.07, 6.45) is 3.72. The Morgan fingerprint density at radius 2 is 2.04 bits per heavy atom. The molecule has 0 fully saturated rings. The van der Waals surface area contributed by atoms with Crippen LogP contribution < -0.4 is 9.47 Å². The molecule has 5 nitrogen and oxygen atoms in total. The van der Waals surface area contributed by atoms with Crippen molar-refractivity contribution >= 4 is 5.71 Å². The van der Waals surface area contributed by atoms with Gasteiger partial charge in [0, 0.05) is 35.5 Å². The molecule has 0 aliphatic carbocycles. The van der Waals surface area contributed by atoms with Gasteiger partial charge in [0.2, 0.25) is 6.23 Å². The summed E-state index contributed by atoms with van der Waals surface area (Å²) in [6, 6.07) is 16.2. The highest BCUT2D eigenvalue weighted by molar-refractivity contribution is 6.01. The fraction of sp³-hybridized carbons (Fsp3) is 0.182. The molecule has 5 rings (SSSR count). The first-order valence-corrected chi connectivity index (χ1v) is 9.10. The van der Waals surface area contributed by atoms with Gasteiger partial charge in [0.1, 0.15) is 5.82 Å². The van der Waals surface area contributed by atoms with Crippen LogP contribution in [0.2, 0.25) is 0 Å². The summed E-state index contributed by atoms with van der Waals surface area (Å²) in [5.41, 5.74) is 3.62. The Bertz CT molecular complexity index is 1050. The molecule has 0 spiro atoms. The van der Waals surface area contributed by atoms with Gasteiger partial charge >= 0.3 is 0 Å². The monoisotopic (exact) mass is 375 g/mol. The Labute approximate surface area is 162 Å². The van der Waals surface area contributed by atoms with E-state index in [-0.39, 0.29) is 11.9 Å². The summed E-state index contributed by atoms with van der Waals surface area (Å²) in [7, 11) is 1.62. The zero-order valence-electron chi connectivity index (χ0n) is 15.2. The average Bonchev–Trinajstić information content (AvgIpc) is 3.19. The molecule has 0 bridgehead atoms. The molecule has 2 aliphatic rings. The molecule has 0 unspecified atom stereocenters. The topological polar surface area (TPSA) is 47.0 Å². The number of aromatic nitrogens is 1. The second-order valence-corrected chi connectivity index (χ2v) is 6.79. The first kappa shape index (κ1) is 16.7. The molecule has 6 heteroatoms. The summed E-state index contributed by atoms with van der Waals surface area (Å²) in [4.78, 5) is 4.21. The number of hydrazone groups is 1. The van der Waals surface area contributed by atoms with Crippen LogP contribution in [-0.4, -0.2) is 22.8 Å². The number of fused-ring (bicyclic) bond motifs is 3. The molecule has 1 aromatic heterocycles. The van der Waals surface area contributed by atoms with Gasteiger partial charge in [-0.25, -0.2) is 9.40 Å². The molecular weight excluding hydrogens is 357 g/mol. The smallest absolute Gasteiger partial charge is 0.214 e. The zero-order valence-corrected chi connectivity index (χ0v) is 15.2. The van der Waals surface area contributed by atoms with Crippen molar-refractivity contribution in [2.75, 3.05) is 7.11 Å². The van der Waals surface area contributed by atoms with Gasteiger partial charge in [-0.1, -0.05) is 30.3 Å². The Morgan fingerprint density at radius 3 is 2.82 bits per heavy atom. The molecule has 0 amide bonds. The third-order valence-corrected chi connectivity index (χ3v) is 5.13. The van der Waals surface area contributed by atoms with Crippen LogP contribution in [0.5, 0.6) is 11.5 Å². The minimum atomic E-state index is -0.543. The summed E-state index contributed by atoms with van der Waals surface area (Å²) < 4.78 is 25.7. The second kappa shape index (κ2) is 6.64.